The number of benzene rings is 10. The molecule has 0 N–H and O–H groups in total. The fraction of sp³-hybridized carbons (Fsp3) is 0. The molecular formula is C50H32. The zero-order chi connectivity index (χ0) is 33.0. The predicted molar refractivity (Wildman–Crippen MR) is 216 cm³/mol. The lowest BCUT2D eigenvalue weighted by molar-refractivity contribution is 1.61. The first-order valence-electron chi connectivity index (χ1n) is 17.4. The monoisotopic (exact) mass is 632 g/mol. The van der Waals surface area contributed by atoms with Crippen LogP contribution >= 0.6 is 0 Å². The van der Waals surface area contributed by atoms with E-state index in [0.29, 0.717) is 0 Å². The lowest BCUT2D eigenvalue weighted by atomic mass is 9.84. The molecule has 0 saturated carbocycles. The van der Waals surface area contributed by atoms with Gasteiger partial charge in [0.05, 0.1) is 0 Å². The second-order valence-electron chi connectivity index (χ2n) is 13.2. The van der Waals surface area contributed by atoms with E-state index in [1.807, 2.05) is 0 Å². The van der Waals surface area contributed by atoms with Crippen LogP contribution in [0.2, 0.25) is 0 Å². The molecule has 10 rings (SSSR count). The zero-order valence-corrected chi connectivity index (χ0v) is 27.5. The fourth-order valence-electron chi connectivity index (χ4n) is 8.24. The summed E-state index contributed by atoms with van der Waals surface area (Å²) in [5.74, 6) is 0. The van der Waals surface area contributed by atoms with Gasteiger partial charge in [-0.3, -0.25) is 0 Å². The first-order valence-corrected chi connectivity index (χ1v) is 17.4. The van der Waals surface area contributed by atoms with Crippen molar-refractivity contribution >= 4 is 53.9 Å². The lowest BCUT2D eigenvalue weighted by Gasteiger charge is -2.19. The molecule has 10 aromatic rings. The van der Waals surface area contributed by atoms with E-state index in [9.17, 15) is 0 Å². The fourth-order valence-corrected chi connectivity index (χ4v) is 8.24. The van der Waals surface area contributed by atoms with Crippen molar-refractivity contribution in [3.8, 4) is 44.5 Å². The minimum absolute atomic E-state index is 1.21. The third kappa shape index (κ3) is 4.46. The van der Waals surface area contributed by atoms with Crippen LogP contribution in [0.15, 0.2) is 194 Å². The number of fused-ring (bicyclic) bond motifs is 8. The van der Waals surface area contributed by atoms with Crippen LogP contribution in [0, 0.1) is 0 Å². The minimum Gasteiger partial charge on any atom is -0.0622 e. The van der Waals surface area contributed by atoms with Crippen LogP contribution in [0.5, 0.6) is 0 Å². The van der Waals surface area contributed by atoms with Crippen molar-refractivity contribution in [2.75, 3.05) is 0 Å². The summed E-state index contributed by atoms with van der Waals surface area (Å²) >= 11 is 0. The van der Waals surface area contributed by atoms with Crippen molar-refractivity contribution in [2.24, 2.45) is 0 Å². The Morgan fingerprint density at radius 2 is 0.500 bits per heavy atom. The van der Waals surface area contributed by atoms with E-state index in [-0.39, 0.29) is 0 Å². The van der Waals surface area contributed by atoms with Crippen molar-refractivity contribution in [3.05, 3.63) is 194 Å². The highest BCUT2D eigenvalue weighted by atomic mass is 14.2. The zero-order valence-electron chi connectivity index (χ0n) is 27.5. The summed E-state index contributed by atoms with van der Waals surface area (Å²) < 4.78 is 0. The molecule has 0 radical (unpaired) electrons. The van der Waals surface area contributed by atoms with Gasteiger partial charge in [-0.25, -0.2) is 0 Å². The SMILES string of the molecule is c1ccc(-c2c3ccccc3c(-c3ccccc3)c3cc(-c4ccccc4-c4ccc5c6ccccc6c6ccccc6c5c4)ccc23)cc1. The molecule has 0 aliphatic carbocycles. The summed E-state index contributed by atoms with van der Waals surface area (Å²) in [5, 5.41) is 12.8. The van der Waals surface area contributed by atoms with Crippen LogP contribution in [-0.2, 0) is 0 Å². The van der Waals surface area contributed by atoms with Gasteiger partial charge in [-0.1, -0.05) is 182 Å². The maximum absolute atomic E-state index is 2.43. The Balaban J connectivity index is 1.24. The lowest BCUT2D eigenvalue weighted by Crippen LogP contribution is -1.92. The smallest absolute Gasteiger partial charge is 0.00262 e. The Hall–Kier alpha value is -6.50. The Bertz CT molecular complexity index is 2860. The van der Waals surface area contributed by atoms with Crippen LogP contribution in [0.1, 0.15) is 0 Å². The number of rotatable bonds is 4. The van der Waals surface area contributed by atoms with E-state index in [1.165, 1.54) is 98.4 Å². The van der Waals surface area contributed by atoms with E-state index < -0.39 is 0 Å². The van der Waals surface area contributed by atoms with Crippen molar-refractivity contribution in [3.63, 3.8) is 0 Å². The molecule has 0 heteroatoms. The summed E-state index contributed by atoms with van der Waals surface area (Å²) in [5.41, 5.74) is 9.92. The molecule has 0 fully saturated rings. The third-order valence-electron chi connectivity index (χ3n) is 10.4. The van der Waals surface area contributed by atoms with E-state index >= 15 is 0 Å². The molecule has 232 valence electrons. The first-order chi connectivity index (χ1) is 24.8. The first kappa shape index (κ1) is 28.5. The van der Waals surface area contributed by atoms with Gasteiger partial charge in [0.2, 0.25) is 0 Å². The second-order valence-corrected chi connectivity index (χ2v) is 13.2. The normalized spacial score (nSPS) is 11.6. The average Bonchev–Trinajstić information content (AvgIpc) is 3.20. The largest absolute Gasteiger partial charge is 0.0622 e. The highest BCUT2D eigenvalue weighted by Crippen LogP contribution is 2.46. The van der Waals surface area contributed by atoms with Crippen LogP contribution < -0.4 is 0 Å². The molecule has 0 atom stereocenters. The van der Waals surface area contributed by atoms with Crippen molar-refractivity contribution in [1.29, 1.82) is 0 Å². The molecule has 0 nitrogen and oxygen atoms in total. The van der Waals surface area contributed by atoms with Crippen LogP contribution in [0.3, 0.4) is 0 Å². The summed E-state index contributed by atoms with van der Waals surface area (Å²) in [6.07, 6.45) is 0. The number of hydrogen-bond donors (Lipinski definition) is 0. The average molecular weight is 633 g/mol. The second kappa shape index (κ2) is 11.6. The van der Waals surface area contributed by atoms with E-state index in [4.69, 9.17) is 0 Å². The molecule has 0 unspecified atom stereocenters. The topological polar surface area (TPSA) is 0 Å². The van der Waals surface area contributed by atoms with E-state index in [2.05, 4.69) is 194 Å². The summed E-state index contributed by atoms with van der Waals surface area (Å²) in [7, 11) is 0. The predicted octanol–water partition coefficient (Wildman–Crippen LogP) is 14.1. The van der Waals surface area contributed by atoms with Gasteiger partial charge in [-0.15, -0.1) is 0 Å². The summed E-state index contributed by atoms with van der Waals surface area (Å²) in [6, 6.07) is 71.3. The van der Waals surface area contributed by atoms with Crippen LogP contribution in [-0.4, -0.2) is 0 Å². The molecular weight excluding hydrogens is 601 g/mol. The van der Waals surface area contributed by atoms with Gasteiger partial charge in [-0.05, 0) is 111 Å². The summed E-state index contributed by atoms with van der Waals surface area (Å²) in [6.45, 7) is 0. The van der Waals surface area contributed by atoms with Crippen molar-refractivity contribution in [2.45, 2.75) is 0 Å². The Morgan fingerprint density at radius 3 is 1.00 bits per heavy atom. The highest BCUT2D eigenvalue weighted by Gasteiger charge is 2.18. The molecule has 0 spiro atoms. The Kier molecular flexibility index (Phi) is 6.60. The van der Waals surface area contributed by atoms with Crippen LogP contribution in [0.4, 0.5) is 0 Å². The van der Waals surface area contributed by atoms with E-state index in [0.717, 1.165) is 0 Å². The highest BCUT2D eigenvalue weighted by molar-refractivity contribution is 6.26. The molecule has 0 aliphatic rings. The quantitative estimate of drug-likeness (QED) is 0.134. The van der Waals surface area contributed by atoms with Gasteiger partial charge >= 0.3 is 0 Å². The maximum atomic E-state index is 2.43. The van der Waals surface area contributed by atoms with Gasteiger partial charge in [0.25, 0.3) is 0 Å². The minimum atomic E-state index is 1.21. The van der Waals surface area contributed by atoms with Gasteiger partial charge < -0.3 is 0 Å². The molecule has 0 amide bonds. The van der Waals surface area contributed by atoms with Crippen molar-refractivity contribution < 1.29 is 0 Å². The molecule has 0 bridgehead atoms. The van der Waals surface area contributed by atoms with E-state index in [1.54, 1.807) is 0 Å². The Morgan fingerprint density at radius 1 is 0.180 bits per heavy atom. The van der Waals surface area contributed by atoms with Gasteiger partial charge in [0, 0.05) is 0 Å². The molecule has 0 heterocycles. The molecule has 0 aromatic heterocycles. The number of hydrogen-bond acceptors (Lipinski definition) is 0. The van der Waals surface area contributed by atoms with Gasteiger partial charge in [-0.2, -0.15) is 0 Å². The summed E-state index contributed by atoms with van der Waals surface area (Å²) in [4.78, 5) is 0. The van der Waals surface area contributed by atoms with Gasteiger partial charge in [0.15, 0.2) is 0 Å². The molecule has 0 saturated heterocycles. The third-order valence-corrected chi connectivity index (χ3v) is 10.4. The molecule has 10 aromatic carbocycles. The molecule has 50 heavy (non-hydrogen) atoms. The molecule has 0 aliphatic heterocycles. The maximum Gasteiger partial charge on any atom is -0.00262 e. The Labute approximate surface area is 291 Å². The van der Waals surface area contributed by atoms with Crippen molar-refractivity contribution in [1.82, 2.24) is 0 Å². The standard InChI is InChI=1S/C50H32/c1-3-15-33(16-4-1)49-44-25-13-14-26-45(44)50(34-17-5-2-6-18-34)48-32-36(28-30-46(48)49)38-20-8-7-19-37(38)35-27-29-43-41-23-10-9-21-39(41)40-22-11-12-24-42(40)47(43)31-35/h1-32H. The van der Waals surface area contributed by atoms with Gasteiger partial charge in [0.1, 0.15) is 0 Å². The van der Waals surface area contributed by atoms with Crippen LogP contribution in [0.25, 0.3) is 98.4 Å².